The van der Waals surface area contributed by atoms with E-state index in [1.807, 2.05) is 37.2 Å². The summed E-state index contributed by atoms with van der Waals surface area (Å²) in [7, 11) is 4.01. The van der Waals surface area contributed by atoms with E-state index in [4.69, 9.17) is 5.73 Å². The largest absolute Gasteiger partial charge is 0.376 e. The Morgan fingerprint density at radius 1 is 1.43 bits per heavy atom. The molecule has 1 aromatic carbocycles. The molecule has 0 unspecified atom stereocenters. The number of nitrogens with zero attached hydrogens (tertiary/aromatic N) is 2. The Labute approximate surface area is 82.7 Å². The van der Waals surface area contributed by atoms with E-state index in [9.17, 15) is 0 Å². The van der Waals surface area contributed by atoms with Gasteiger partial charge in [0.1, 0.15) is 11.3 Å². The highest BCUT2D eigenvalue weighted by Gasteiger charge is 2.06. The zero-order chi connectivity index (χ0) is 10.1. The first-order chi connectivity index (χ1) is 6.72. The second-order valence-electron chi connectivity index (χ2n) is 3.46. The molecule has 0 aliphatic carbocycles. The van der Waals surface area contributed by atoms with Gasteiger partial charge in [-0.15, -0.1) is 0 Å². The van der Waals surface area contributed by atoms with E-state index in [-0.39, 0.29) is 0 Å². The van der Waals surface area contributed by atoms with E-state index < -0.39 is 0 Å². The number of aromatic nitrogens is 2. The van der Waals surface area contributed by atoms with Crippen molar-refractivity contribution in [3.05, 3.63) is 24.0 Å². The Balaban J connectivity index is 2.66. The predicted molar refractivity (Wildman–Crippen MR) is 58.3 cm³/mol. The summed E-state index contributed by atoms with van der Waals surface area (Å²) in [6.07, 6.45) is 0. The van der Waals surface area contributed by atoms with Crippen LogP contribution < -0.4 is 10.6 Å². The number of hydrogen-bond acceptors (Lipinski definition) is 3. The lowest BCUT2D eigenvalue weighted by molar-refractivity contribution is 0.958. The summed E-state index contributed by atoms with van der Waals surface area (Å²) in [6.45, 7) is 0.446. The molecule has 74 valence electrons. The minimum absolute atomic E-state index is 0.446. The van der Waals surface area contributed by atoms with Crippen LogP contribution in [0.3, 0.4) is 0 Å². The van der Waals surface area contributed by atoms with Crippen LogP contribution in [0.15, 0.2) is 18.2 Å². The molecule has 0 saturated carbocycles. The van der Waals surface area contributed by atoms with Crippen LogP contribution in [-0.4, -0.2) is 24.1 Å². The first-order valence-corrected chi connectivity index (χ1v) is 4.57. The number of fused-ring (bicyclic) bond motifs is 1. The molecule has 0 amide bonds. The zero-order valence-corrected chi connectivity index (χ0v) is 8.41. The highest BCUT2D eigenvalue weighted by molar-refractivity contribution is 5.88. The molecule has 0 spiro atoms. The lowest BCUT2D eigenvalue weighted by atomic mass is 10.2. The fourth-order valence-corrected chi connectivity index (χ4v) is 1.53. The maximum Gasteiger partial charge on any atom is 0.121 e. The van der Waals surface area contributed by atoms with Crippen molar-refractivity contribution in [1.29, 1.82) is 0 Å². The van der Waals surface area contributed by atoms with Crippen LogP contribution in [0.2, 0.25) is 0 Å². The average molecular weight is 190 g/mol. The van der Waals surface area contributed by atoms with Crippen LogP contribution in [0, 0.1) is 0 Å². The van der Waals surface area contributed by atoms with Crippen LogP contribution in [0.5, 0.6) is 0 Å². The maximum atomic E-state index is 5.53. The van der Waals surface area contributed by atoms with Crippen molar-refractivity contribution in [3.63, 3.8) is 0 Å². The summed E-state index contributed by atoms with van der Waals surface area (Å²) in [5.41, 5.74) is 8.66. The Kier molecular flexibility index (Phi) is 2.13. The molecule has 4 heteroatoms. The minimum Gasteiger partial charge on any atom is -0.376 e. The number of benzene rings is 1. The monoisotopic (exact) mass is 190 g/mol. The second-order valence-corrected chi connectivity index (χ2v) is 3.46. The summed E-state index contributed by atoms with van der Waals surface area (Å²) < 4.78 is 0. The van der Waals surface area contributed by atoms with Crippen LogP contribution in [-0.2, 0) is 6.54 Å². The van der Waals surface area contributed by atoms with E-state index in [1.54, 1.807) is 0 Å². The molecule has 1 heterocycles. The molecular weight excluding hydrogens is 176 g/mol. The Bertz CT molecular complexity index is 444. The molecule has 0 saturated heterocycles. The number of nitrogens with one attached hydrogen (secondary N) is 1. The molecule has 1 aromatic heterocycles. The number of hydrogen-bond donors (Lipinski definition) is 2. The van der Waals surface area contributed by atoms with Crippen molar-refractivity contribution < 1.29 is 0 Å². The number of anilines is 1. The van der Waals surface area contributed by atoms with Crippen molar-refractivity contribution in [2.24, 2.45) is 5.73 Å². The van der Waals surface area contributed by atoms with Crippen LogP contribution >= 0.6 is 0 Å². The van der Waals surface area contributed by atoms with Gasteiger partial charge in [-0.25, -0.2) is 4.98 Å². The van der Waals surface area contributed by atoms with Gasteiger partial charge >= 0.3 is 0 Å². The Hall–Kier alpha value is -1.55. The maximum absolute atomic E-state index is 5.53. The topological polar surface area (TPSA) is 57.9 Å². The van der Waals surface area contributed by atoms with Crippen molar-refractivity contribution in [2.75, 3.05) is 19.0 Å². The SMILES string of the molecule is CN(C)c1cccc2[nH]c(CN)nc12. The van der Waals surface area contributed by atoms with Gasteiger partial charge in [-0.1, -0.05) is 6.07 Å². The van der Waals surface area contributed by atoms with Gasteiger partial charge in [0.2, 0.25) is 0 Å². The number of imidazole rings is 1. The van der Waals surface area contributed by atoms with Crippen LogP contribution in [0.4, 0.5) is 5.69 Å². The fraction of sp³-hybridized carbons (Fsp3) is 0.300. The first-order valence-electron chi connectivity index (χ1n) is 4.57. The highest BCUT2D eigenvalue weighted by Crippen LogP contribution is 2.22. The number of rotatable bonds is 2. The summed E-state index contributed by atoms with van der Waals surface area (Å²) in [5, 5.41) is 0. The summed E-state index contributed by atoms with van der Waals surface area (Å²) >= 11 is 0. The molecule has 0 fully saturated rings. The lowest BCUT2D eigenvalue weighted by Crippen LogP contribution is -2.08. The van der Waals surface area contributed by atoms with Crippen LogP contribution in [0.25, 0.3) is 11.0 Å². The van der Waals surface area contributed by atoms with Gasteiger partial charge in [0, 0.05) is 14.1 Å². The molecule has 2 aromatic rings. The van der Waals surface area contributed by atoms with Crippen LogP contribution in [0.1, 0.15) is 5.82 Å². The molecule has 0 atom stereocenters. The smallest absolute Gasteiger partial charge is 0.121 e. The molecule has 0 bridgehead atoms. The first kappa shape index (κ1) is 9.02. The Morgan fingerprint density at radius 2 is 2.21 bits per heavy atom. The molecule has 4 nitrogen and oxygen atoms in total. The third-order valence-electron chi connectivity index (χ3n) is 2.22. The second kappa shape index (κ2) is 3.31. The molecular formula is C10H14N4. The van der Waals surface area contributed by atoms with E-state index in [0.29, 0.717) is 6.54 Å². The minimum atomic E-state index is 0.446. The molecule has 3 N–H and O–H groups in total. The summed E-state index contributed by atoms with van der Waals surface area (Å²) in [6, 6.07) is 6.06. The Morgan fingerprint density at radius 3 is 2.86 bits per heavy atom. The van der Waals surface area contributed by atoms with E-state index in [2.05, 4.69) is 9.97 Å². The molecule has 0 aliphatic rings. The highest BCUT2D eigenvalue weighted by atomic mass is 15.1. The third kappa shape index (κ3) is 1.33. The van der Waals surface area contributed by atoms with Crippen molar-refractivity contribution in [3.8, 4) is 0 Å². The van der Waals surface area contributed by atoms with Gasteiger partial charge in [-0.2, -0.15) is 0 Å². The van der Waals surface area contributed by atoms with Crippen molar-refractivity contribution in [1.82, 2.24) is 9.97 Å². The van der Waals surface area contributed by atoms with Gasteiger partial charge < -0.3 is 15.6 Å². The van der Waals surface area contributed by atoms with Crippen molar-refractivity contribution >= 4 is 16.7 Å². The predicted octanol–water partition coefficient (Wildman–Crippen LogP) is 1.09. The van der Waals surface area contributed by atoms with E-state index in [0.717, 1.165) is 22.5 Å². The van der Waals surface area contributed by atoms with Gasteiger partial charge in [-0.05, 0) is 12.1 Å². The molecule has 14 heavy (non-hydrogen) atoms. The number of H-pyrrole nitrogens is 1. The van der Waals surface area contributed by atoms with Gasteiger partial charge in [0.25, 0.3) is 0 Å². The van der Waals surface area contributed by atoms with E-state index in [1.165, 1.54) is 0 Å². The number of para-hydroxylation sites is 1. The fourth-order valence-electron chi connectivity index (χ4n) is 1.53. The van der Waals surface area contributed by atoms with Gasteiger partial charge in [0.15, 0.2) is 0 Å². The summed E-state index contributed by atoms with van der Waals surface area (Å²) in [4.78, 5) is 9.65. The number of aromatic amines is 1. The number of nitrogens with two attached hydrogens (primary N) is 1. The third-order valence-corrected chi connectivity index (χ3v) is 2.22. The summed E-state index contributed by atoms with van der Waals surface area (Å²) in [5.74, 6) is 0.828. The zero-order valence-electron chi connectivity index (χ0n) is 8.41. The lowest BCUT2D eigenvalue weighted by Gasteiger charge is -2.11. The normalized spacial score (nSPS) is 10.8. The quantitative estimate of drug-likeness (QED) is 0.745. The standard InChI is InChI=1S/C10H14N4/c1-14(2)8-5-3-4-7-10(8)13-9(6-11)12-7/h3-5H,6,11H2,1-2H3,(H,12,13). The molecule has 2 rings (SSSR count). The van der Waals surface area contributed by atoms with Crippen molar-refractivity contribution in [2.45, 2.75) is 6.54 Å². The average Bonchev–Trinajstić information content (AvgIpc) is 2.59. The molecule has 0 aliphatic heterocycles. The van der Waals surface area contributed by atoms with Gasteiger partial charge in [-0.3, -0.25) is 0 Å². The van der Waals surface area contributed by atoms with Gasteiger partial charge in [0.05, 0.1) is 17.7 Å². The van der Waals surface area contributed by atoms with E-state index >= 15 is 0 Å². The molecule has 0 radical (unpaired) electrons.